The highest BCUT2D eigenvalue weighted by Crippen LogP contribution is 2.36. The lowest BCUT2D eigenvalue weighted by molar-refractivity contribution is -0.116. The van der Waals surface area contributed by atoms with E-state index < -0.39 is 6.10 Å². The Balaban J connectivity index is 2.80. The number of carbonyl (C=O) groups excluding carboxylic acids is 1. The molecule has 0 aliphatic rings. The van der Waals surface area contributed by atoms with Crippen molar-refractivity contribution in [3.63, 3.8) is 0 Å². The van der Waals surface area contributed by atoms with E-state index in [2.05, 4.69) is 21.2 Å². The Morgan fingerprint density at radius 1 is 1.61 bits per heavy atom. The van der Waals surface area contributed by atoms with E-state index in [0.717, 1.165) is 0 Å². The molecule has 1 aromatic carbocycles. The molecule has 100 valence electrons. The fourth-order valence-corrected chi connectivity index (χ4v) is 2.39. The maximum atomic E-state index is 11.7. The maximum Gasteiger partial charge on any atom is 0.224 e. The summed E-state index contributed by atoms with van der Waals surface area (Å²) in [5.41, 5.74) is 0.507. The van der Waals surface area contributed by atoms with Gasteiger partial charge >= 0.3 is 0 Å². The Kier molecular flexibility index (Phi) is 5.91. The summed E-state index contributed by atoms with van der Waals surface area (Å²) < 4.78 is 5.86. The number of hydrogen-bond donors (Lipinski definition) is 2. The van der Waals surface area contributed by atoms with Crippen LogP contribution >= 0.6 is 27.5 Å². The van der Waals surface area contributed by atoms with E-state index in [1.54, 1.807) is 19.1 Å². The molecule has 1 amide bonds. The number of amides is 1. The van der Waals surface area contributed by atoms with Gasteiger partial charge in [-0.3, -0.25) is 4.79 Å². The standard InChI is InChI=1S/C12H15BrClNO3/c1-7(16)3-4-11(17)15-10-6-8(14)5-9(13)12(10)18-2/h5-7,16H,3-4H2,1-2H3,(H,15,17). The van der Waals surface area contributed by atoms with Crippen LogP contribution in [0.25, 0.3) is 0 Å². The van der Waals surface area contributed by atoms with E-state index in [1.165, 1.54) is 7.11 Å². The van der Waals surface area contributed by atoms with Crippen molar-refractivity contribution in [2.24, 2.45) is 0 Å². The first-order chi connectivity index (χ1) is 8.43. The van der Waals surface area contributed by atoms with Crippen LogP contribution in [0.3, 0.4) is 0 Å². The summed E-state index contributed by atoms with van der Waals surface area (Å²) in [4.78, 5) is 11.7. The van der Waals surface area contributed by atoms with E-state index in [4.69, 9.17) is 21.4 Å². The van der Waals surface area contributed by atoms with Crippen LogP contribution in [0.4, 0.5) is 5.69 Å². The summed E-state index contributed by atoms with van der Waals surface area (Å²) in [5, 5.41) is 12.3. The fourth-order valence-electron chi connectivity index (χ4n) is 1.41. The zero-order valence-corrected chi connectivity index (χ0v) is 12.5. The molecule has 0 saturated carbocycles. The van der Waals surface area contributed by atoms with Crippen molar-refractivity contribution in [2.75, 3.05) is 12.4 Å². The molecule has 1 aromatic rings. The number of hydrogen-bond acceptors (Lipinski definition) is 3. The van der Waals surface area contributed by atoms with Crippen LogP contribution in [0.1, 0.15) is 19.8 Å². The number of anilines is 1. The van der Waals surface area contributed by atoms with Gasteiger partial charge in [0.05, 0.1) is 23.4 Å². The number of aliphatic hydroxyl groups is 1. The largest absolute Gasteiger partial charge is 0.493 e. The van der Waals surface area contributed by atoms with Crippen LogP contribution in [0.2, 0.25) is 5.02 Å². The summed E-state index contributed by atoms with van der Waals surface area (Å²) in [6, 6.07) is 3.30. The molecule has 0 aromatic heterocycles. The predicted octanol–water partition coefficient (Wildman–Crippen LogP) is 3.21. The van der Waals surface area contributed by atoms with E-state index in [9.17, 15) is 4.79 Å². The van der Waals surface area contributed by atoms with E-state index in [-0.39, 0.29) is 12.3 Å². The second-order valence-electron chi connectivity index (χ2n) is 3.90. The van der Waals surface area contributed by atoms with Gasteiger partial charge in [-0.05, 0) is 41.4 Å². The van der Waals surface area contributed by atoms with E-state index in [0.29, 0.717) is 27.4 Å². The van der Waals surface area contributed by atoms with Crippen LogP contribution in [-0.4, -0.2) is 24.2 Å². The normalized spacial score (nSPS) is 12.1. The molecule has 1 rings (SSSR count). The fraction of sp³-hybridized carbons (Fsp3) is 0.417. The summed E-state index contributed by atoms with van der Waals surface area (Å²) in [5.74, 6) is 0.327. The van der Waals surface area contributed by atoms with Crippen LogP contribution in [0.15, 0.2) is 16.6 Å². The molecule has 0 aliphatic carbocycles. The zero-order chi connectivity index (χ0) is 13.7. The monoisotopic (exact) mass is 335 g/mol. The lowest BCUT2D eigenvalue weighted by Gasteiger charge is -2.12. The highest BCUT2D eigenvalue weighted by atomic mass is 79.9. The SMILES string of the molecule is COc1c(Br)cc(Cl)cc1NC(=O)CCC(C)O. The highest BCUT2D eigenvalue weighted by molar-refractivity contribution is 9.10. The number of nitrogens with one attached hydrogen (secondary N) is 1. The third-order valence-electron chi connectivity index (χ3n) is 2.28. The highest BCUT2D eigenvalue weighted by Gasteiger charge is 2.12. The van der Waals surface area contributed by atoms with Gasteiger partial charge in [0.15, 0.2) is 5.75 Å². The first kappa shape index (κ1) is 15.3. The Morgan fingerprint density at radius 3 is 2.83 bits per heavy atom. The summed E-state index contributed by atoms with van der Waals surface area (Å²) >= 11 is 9.22. The zero-order valence-electron chi connectivity index (χ0n) is 10.2. The molecular formula is C12H15BrClNO3. The van der Waals surface area contributed by atoms with Gasteiger partial charge in [0, 0.05) is 11.4 Å². The third-order valence-corrected chi connectivity index (χ3v) is 3.08. The molecule has 0 bridgehead atoms. The van der Waals surface area contributed by atoms with Gasteiger partial charge in [-0.25, -0.2) is 0 Å². The summed E-state index contributed by atoms with van der Waals surface area (Å²) in [6.07, 6.45) is 0.157. The molecule has 0 heterocycles. The number of ether oxygens (including phenoxy) is 1. The van der Waals surface area contributed by atoms with Gasteiger partial charge < -0.3 is 15.2 Å². The number of rotatable bonds is 5. The van der Waals surface area contributed by atoms with Gasteiger partial charge in [0.25, 0.3) is 0 Å². The molecule has 0 fully saturated rings. The molecule has 0 spiro atoms. The maximum absolute atomic E-state index is 11.7. The number of carbonyl (C=O) groups is 1. The van der Waals surface area contributed by atoms with Gasteiger partial charge in [-0.2, -0.15) is 0 Å². The Labute approximate surface area is 119 Å². The van der Waals surface area contributed by atoms with Crippen molar-refractivity contribution in [1.29, 1.82) is 0 Å². The number of aliphatic hydroxyl groups excluding tert-OH is 1. The molecule has 2 N–H and O–H groups in total. The van der Waals surface area contributed by atoms with Gasteiger partial charge in [-0.15, -0.1) is 0 Å². The van der Waals surface area contributed by atoms with Crippen molar-refractivity contribution < 1.29 is 14.6 Å². The van der Waals surface area contributed by atoms with Crippen LogP contribution in [0.5, 0.6) is 5.75 Å². The molecule has 0 aliphatic heterocycles. The third kappa shape index (κ3) is 4.48. The van der Waals surface area contributed by atoms with Gasteiger partial charge in [0.2, 0.25) is 5.91 Å². The quantitative estimate of drug-likeness (QED) is 0.868. The Bertz CT molecular complexity index is 438. The lowest BCUT2D eigenvalue weighted by Crippen LogP contribution is -2.14. The van der Waals surface area contributed by atoms with Crippen molar-refractivity contribution in [1.82, 2.24) is 0 Å². The number of methoxy groups -OCH3 is 1. The van der Waals surface area contributed by atoms with Crippen LogP contribution in [0, 0.1) is 0 Å². The van der Waals surface area contributed by atoms with Crippen molar-refractivity contribution in [2.45, 2.75) is 25.9 Å². The predicted molar refractivity (Wildman–Crippen MR) is 75.2 cm³/mol. The first-order valence-corrected chi connectivity index (χ1v) is 6.62. The molecule has 1 atom stereocenters. The lowest BCUT2D eigenvalue weighted by atomic mass is 10.2. The average Bonchev–Trinajstić information content (AvgIpc) is 2.26. The molecule has 1 unspecified atom stereocenters. The van der Waals surface area contributed by atoms with E-state index in [1.807, 2.05) is 0 Å². The van der Waals surface area contributed by atoms with Gasteiger partial charge in [0.1, 0.15) is 0 Å². The van der Waals surface area contributed by atoms with E-state index >= 15 is 0 Å². The molecule has 0 saturated heterocycles. The second kappa shape index (κ2) is 6.97. The molecule has 0 radical (unpaired) electrons. The second-order valence-corrected chi connectivity index (χ2v) is 5.20. The minimum atomic E-state index is -0.497. The number of benzene rings is 1. The molecule has 18 heavy (non-hydrogen) atoms. The summed E-state index contributed by atoms with van der Waals surface area (Å²) in [6.45, 7) is 1.64. The number of halogens is 2. The molecular weight excluding hydrogens is 321 g/mol. The van der Waals surface area contributed by atoms with Gasteiger partial charge in [-0.1, -0.05) is 11.6 Å². The van der Waals surface area contributed by atoms with Crippen molar-refractivity contribution in [3.8, 4) is 5.75 Å². The van der Waals surface area contributed by atoms with Crippen molar-refractivity contribution >= 4 is 39.1 Å². The molecule has 4 nitrogen and oxygen atoms in total. The Morgan fingerprint density at radius 2 is 2.28 bits per heavy atom. The minimum absolute atomic E-state index is 0.191. The molecule has 6 heteroatoms. The summed E-state index contributed by atoms with van der Waals surface area (Å²) in [7, 11) is 1.51. The first-order valence-electron chi connectivity index (χ1n) is 5.45. The van der Waals surface area contributed by atoms with Crippen LogP contribution in [-0.2, 0) is 4.79 Å². The topological polar surface area (TPSA) is 58.6 Å². The van der Waals surface area contributed by atoms with Crippen LogP contribution < -0.4 is 10.1 Å². The smallest absolute Gasteiger partial charge is 0.224 e. The average molecular weight is 337 g/mol. The van der Waals surface area contributed by atoms with Crippen molar-refractivity contribution in [3.05, 3.63) is 21.6 Å². The minimum Gasteiger partial charge on any atom is -0.493 e. The Hall–Kier alpha value is -0.780.